The van der Waals surface area contributed by atoms with Crippen molar-refractivity contribution in [2.45, 2.75) is 0 Å². The van der Waals surface area contributed by atoms with Gasteiger partial charge in [-0.15, -0.1) is 0 Å². The second kappa shape index (κ2) is 5.85. The molecule has 0 aliphatic rings. The third-order valence-corrected chi connectivity index (χ3v) is 3.46. The van der Waals surface area contributed by atoms with Crippen molar-refractivity contribution in [3.63, 3.8) is 0 Å². The van der Waals surface area contributed by atoms with Gasteiger partial charge in [-0.05, 0) is 44.0 Å². The summed E-state index contributed by atoms with van der Waals surface area (Å²) < 4.78 is 0.954. The highest BCUT2D eigenvalue weighted by atomic mass is 79.9. The summed E-state index contributed by atoms with van der Waals surface area (Å²) in [4.78, 5) is 20.2. The van der Waals surface area contributed by atoms with E-state index in [1.54, 1.807) is 18.2 Å². The molecule has 1 amide bonds. The molecule has 0 radical (unpaired) electrons. The van der Waals surface area contributed by atoms with Crippen LogP contribution < -0.4 is 11.1 Å². The van der Waals surface area contributed by atoms with Gasteiger partial charge in [-0.2, -0.15) is 0 Å². The third kappa shape index (κ3) is 3.23. The predicted molar refractivity (Wildman–Crippen MR) is 81.2 cm³/mol. The van der Waals surface area contributed by atoms with Gasteiger partial charge in [0.2, 0.25) is 0 Å². The van der Waals surface area contributed by atoms with Crippen LogP contribution in [-0.4, -0.2) is 15.9 Å². The highest BCUT2D eigenvalue weighted by Crippen LogP contribution is 2.25. The molecule has 0 unspecified atom stereocenters. The number of nitrogens with one attached hydrogen (secondary N) is 1. The highest BCUT2D eigenvalue weighted by molar-refractivity contribution is 9.11. The molecular weight excluding hydrogens is 399 g/mol. The topological polar surface area (TPSA) is 80.9 Å². The van der Waals surface area contributed by atoms with Gasteiger partial charge in [0.1, 0.15) is 9.21 Å². The van der Waals surface area contributed by atoms with E-state index in [4.69, 9.17) is 17.3 Å². The first kappa shape index (κ1) is 14.2. The fourth-order valence-corrected chi connectivity index (χ4v) is 2.56. The number of rotatable bonds is 2. The van der Waals surface area contributed by atoms with Crippen LogP contribution in [0.3, 0.4) is 0 Å². The van der Waals surface area contributed by atoms with E-state index in [1.165, 1.54) is 6.20 Å². The number of anilines is 2. The number of hydrogen-bond acceptors (Lipinski definition) is 4. The number of aromatic nitrogens is 2. The van der Waals surface area contributed by atoms with E-state index < -0.39 is 5.91 Å². The minimum Gasteiger partial charge on any atom is -0.398 e. The van der Waals surface area contributed by atoms with Gasteiger partial charge in [0.05, 0.1) is 16.8 Å². The van der Waals surface area contributed by atoms with Crippen molar-refractivity contribution in [2.75, 3.05) is 11.1 Å². The Balaban J connectivity index is 2.31. The Morgan fingerprint density at radius 3 is 2.74 bits per heavy atom. The molecule has 0 fully saturated rings. The molecule has 1 heterocycles. The largest absolute Gasteiger partial charge is 0.398 e. The van der Waals surface area contributed by atoms with E-state index in [0.717, 1.165) is 0 Å². The smallest absolute Gasteiger partial charge is 0.260 e. The maximum atomic E-state index is 12.1. The molecule has 8 heteroatoms. The molecule has 0 aliphatic heterocycles. The van der Waals surface area contributed by atoms with Gasteiger partial charge in [0, 0.05) is 5.69 Å². The van der Waals surface area contributed by atoms with E-state index in [0.29, 0.717) is 14.9 Å². The van der Waals surface area contributed by atoms with Crippen LogP contribution in [0.4, 0.5) is 11.5 Å². The summed E-state index contributed by atoms with van der Waals surface area (Å²) in [5.74, 6) is -0.159. The summed E-state index contributed by atoms with van der Waals surface area (Å²) >= 11 is 12.3. The molecule has 0 atom stereocenters. The first-order chi connectivity index (χ1) is 8.99. The molecule has 1 aromatic heterocycles. The lowest BCUT2D eigenvalue weighted by Crippen LogP contribution is -2.16. The summed E-state index contributed by atoms with van der Waals surface area (Å²) in [6, 6.07) is 4.86. The first-order valence-corrected chi connectivity index (χ1v) is 6.99. The minimum atomic E-state index is -0.444. The third-order valence-electron chi connectivity index (χ3n) is 2.21. The van der Waals surface area contributed by atoms with Crippen molar-refractivity contribution in [3.05, 3.63) is 44.2 Å². The van der Waals surface area contributed by atoms with Gasteiger partial charge < -0.3 is 11.1 Å². The van der Waals surface area contributed by atoms with Crippen LogP contribution in [0.2, 0.25) is 5.02 Å². The summed E-state index contributed by atoms with van der Waals surface area (Å²) in [5, 5.41) is 2.87. The Hall–Kier alpha value is -1.18. The average molecular weight is 406 g/mol. The molecule has 5 nitrogen and oxygen atoms in total. The number of nitrogens with two attached hydrogens (primary N) is 1. The van der Waals surface area contributed by atoms with Gasteiger partial charge in [-0.25, -0.2) is 9.97 Å². The lowest BCUT2D eigenvalue weighted by molar-refractivity contribution is 0.102. The molecule has 2 aromatic rings. The Kier molecular flexibility index (Phi) is 4.38. The Morgan fingerprint density at radius 2 is 2.11 bits per heavy atom. The van der Waals surface area contributed by atoms with Crippen molar-refractivity contribution >= 4 is 60.9 Å². The Labute approximate surface area is 130 Å². The maximum absolute atomic E-state index is 12.1. The van der Waals surface area contributed by atoms with Crippen molar-refractivity contribution in [2.24, 2.45) is 0 Å². The van der Waals surface area contributed by atoms with E-state index in [2.05, 4.69) is 47.1 Å². The molecule has 0 saturated carbocycles. The fourth-order valence-electron chi connectivity index (χ4n) is 1.38. The monoisotopic (exact) mass is 404 g/mol. The summed E-state index contributed by atoms with van der Waals surface area (Å²) in [5.41, 5.74) is 6.24. The van der Waals surface area contributed by atoms with Crippen LogP contribution >= 0.6 is 43.5 Å². The molecule has 3 N–H and O–H groups in total. The number of amides is 1. The van der Waals surface area contributed by atoms with Gasteiger partial charge in [-0.1, -0.05) is 17.7 Å². The van der Waals surface area contributed by atoms with E-state index in [9.17, 15) is 4.79 Å². The van der Waals surface area contributed by atoms with Crippen molar-refractivity contribution < 1.29 is 4.79 Å². The molecule has 98 valence electrons. The van der Waals surface area contributed by atoms with Gasteiger partial charge in [-0.3, -0.25) is 4.79 Å². The van der Waals surface area contributed by atoms with Crippen LogP contribution in [0.15, 0.2) is 33.6 Å². The maximum Gasteiger partial charge on any atom is 0.260 e. The van der Waals surface area contributed by atoms with Crippen LogP contribution in [0, 0.1) is 0 Å². The molecule has 2 rings (SSSR count). The number of nitrogens with zero attached hydrogens (tertiary/aromatic N) is 2. The van der Waals surface area contributed by atoms with Gasteiger partial charge in [0.25, 0.3) is 5.91 Å². The zero-order valence-corrected chi connectivity index (χ0v) is 13.3. The van der Waals surface area contributed by atoms with Crippen molar-refractivity contribution in [1.82, 2.24) is 9.97 Å². The minimum absolute atomic E-state index is 0.209. The Morgan fingerprint density at radius 1 is 1.37 bits per heavy atom. The van der Waals surface area contributed by atoms with Gasteiger partial charge in [0.15, 0.2) is 5.82 Å². The first-order valence-electron chi connectivity index (χ1n) is 5.02. The summed E-state index contributed by atoms with van der Waals surface area (Å²) in [6.45, 7) is 0. The van der Waals surface area contributed by atoms with Crippen molar-refractivity contribution in [3.8, 4) is 0 Å². The molecule has 0 bridgehead atoms. The zero-order chi connectivity index (χ0) is 14.0. The molecule has 19 heavy (non-hydrogen) atoms. The van der Waals surface area contributed by atoms with Crippen LogP contribution in [0.5, 0.6) is 0 Å². The molecule has 1 aromatic carbocycles. The van der Waals surface area contributed by atoms with Crippen molar-refractivity contribution in [1.29, 1.82) is 0 Å². The highest BCUT2D eigenvalue weighted by Gasteiger charge is 2.16. The molecule has 0 spiro atoms. The summed E-state index contributed by atoms with van der Waals surface area (Å²) in [6.07, 6.45) is 1.47. The number of hydrogen-bond donors (Lipinski definition) is 2. The second-order valence-electron chi connectivity index (χ2n) is 3.49. The fraction of sp³-hybridized carbons (Fsp3) is 0. The molecular formula is C11H7Br2ClN4O. The Bertz CT molecular complexity index is 630. The quantitative estimate of drug-likeness (QED) is 0.748. The number of benzene rings is 1. The standard InChI is InChI=1S/C11H7Br2ClN4O/c12-7-4-16-10(9(13)17-7)18-11(19)8-5(14)2-1-3-6(8)15/h1-4H,15H2,(H,16,18,19). The lowest BCUT2D eigenvalue weighted by atomic mass is 10.1. The predicted octanol–water partition coefficient (Wildman–Crippen LogP) is 3.49. The van der Waals surface area contributed by atoms with Crippen LogP contribution in [-0.2, 0) is 0 Å². The summed E-state index contributed by atoms with van der Waals surface area (Å²) in [7, 11) is 0. The number of halogens is 3. The molecule has 0 saturated heterocycles. The van der Waals surface area contributed by atoms with Crippen LogP contribution in [0.1, 0.15) is 10.4 Å². The normalized spacial score (nSPS) is 10.3. The second-order valence-corrected chi connectivity index (χ2v) is 5.46. The van der Waals surface area contributed by atoms with Gasteiger partial charge >= 0.3 is 0 Å². The number of nitrogen functional groups attached to an aromatic ring is 1. The zero-order valence-electron chi connectivity index (χ0n) is 9.32. The lowest BCUT2D eigenvalue weighted by Gasteiger charge is -2.09. The SMILES string of the molecule is Nc1cccc(Cl)c1C(=O)Nc1ncc(Br)nc1Br. The average Bonchev–Trinajstić information content (AvgIpc) is 2.32. The van der Waals surface area contributed by atoms with E-state index in [1.807, 2.05) is 0 Å². The van der Waals surface area contributed by atoms with E-state index >= 15 is 0 Å². The van der Waals surface area contributed by atoms with E-state index in [-0.39, 0.29) is 16.4 Å². The molecule has 0 aliphatic carbocycles. The number of carbonyl (C=O) groups is 1. The number of carbonyl (C=O) groups excluding carboxylic acids is 1. The van der Waals surface area contributed by atoms with Crippen LogP contribution in [0.25, 0.3) is 0 Å².